The number of amides is 1. The largest absolute Gasteiger partial charge is 0.483 e. The average molecular weight is 357 g/mol. The second-order valence-corrected chi connectivity index (χ2v) is 6.29. The van der Waals surface area contributed by atoms with Crippen molar-refractivity contribution in [2.75, 3.05) is 20.2 Å². The van der Waals surface area contributed by atoms with Crippen LogP contribution in [0.3, 0.4) is 0 Å². The van der Waals surface area contributed by atoms with Gasteiger partial charge in [0.25, 0.3) is 5.91 Å². The second kappa shape index (κ2) is 8.39. The van der Waals surface area contributed by atoms with Crippen LogP contribution >= 0.6 is 15.9 Å². The SMILES string of the molecule is CCNCc1cc(Br)cc(C)c1OCC(=O)N(C)C(C)C. The molecule has 0 aliphatic rings. The standard InChI is InChI=1S/C16H25BrN2O2/c1-6-18-9-13-8-14(17)7-12(4)16(13)21-10-15(20)19(5)11(2)3/h7-8,11,18H,6,9-10H2,1-5H3. The highest BCUT2D eigenvalue weighted by Gasteiger charge is 2.15. The van der Waals surface area contributed by atoms with Gasteiger partial charge in [-0.25, -0.2) is 0 Å². The van der Waals surface area contributed by atoms with Gasteiger partial charge >= 0.3 is 0 Å². The highest BCUT2D eigenvalue weighted by molar-refractivity contribution is 9.10. The Morgan fingerprint density at radius 2 is 2.10 bits per heavy atom. The van der Waals surface area contributed by atoms with Crippen LogP contribution in [-0.2, 0) is 11.3 Å². The van der Waals surface area contributed by atoms with Crippen molar-refractivity contribution in [3.8, 4) is 5.75 Å². The Morgan fingerprint density at radius 3 is 2.67 bits per heavy atom. The van der Waals surface area contributed by atoms with E-state index < -0.39 is 0 Å². The van der Waals surface area contributed by atoms with Gasteiger partial charge in [0.1, 0.15) is 5.75 Å². The van der Waals surface area contributed by atoms with Crippen LogP contribution in [0.1, 0.15) is 31.9 Å². The number of hydrogen-bond acceptors (Lipinski definition) is 3. The molecule has 118 valence electrons. The van der Waals surface area contributed by atoms with Crippen LogP contribution in [0.15, 0.2) is 16.6 Å². The molecule has 0 fully saturated rings. The van der Waals surface area contributed by atoms with Gasteiger partial charge in [0.2, 0.25) is 0 Å². The number of hydrogen-bond donors (Lipinski definition) is 1. The Morgan fingerprint density at radius 1 is 1.43 bits per heavy atom. The van der Waals surface area contributed by atoms with Crippen molar-refractivity contribution in [3.05, 3.63) is 27.7 Å². The Labute approximate surface area is 136 Å². The first-order valence-corrected chi connectivity index (χ1v) is 8.04. The molecule has 1 amide bonds. The molecule has 21 heavy (non-hydrogen) atoms. The van der Waals surface area contributed by atoms with Gasteiger partial charge in [-0.15, -0.1) is 0 Å². The molecule has 0 saturated carbocycles. The van der Waals surface area contributed by atoms with E-state index in [1.807, 2.05) is 32.9 Å². The number of benzene rings is 1. The quantitative estimate of drug-likeness (QED) is 0.815. The molecule has 1 aromatic carbocycles. The van der Waals surface area contributed by atoms with Crippen molar-refractivity contribution < 1.29 is 9.53 Å². The van der Waals surface area contributed by atoms with Gasteiger partial charge in [-0.05, 0) is 45.0 Å². The zero-order valence-corrected chi connectivity index (χ0v) is 15.1. The minimum Gasteiger partial charge on any atom is -0.483 e. The van der Waals surface area contributed by atoms with Crippen LogP contribution in [0.4, 0.5) is 0 Å². The van der Waals surface area contributed by atoms with Crippen LogP contribution < -0.4 is 10.1 Å². The number of ether oxygens (including phenoxy) is 1. The Bertz CT molecular complexity index is 489. The summed E-state index contributed by atoms with van der Waals surface area (Å²) in [5.74, 6) is 0.784. The number of carbonyl (C=O) groups is 1. The first kappa shape index (κ1) is 18.0. The molecule has 0 heterocycles. The normalized spacial score (nSPS) is 10.8. The van der Waals surface area contributed by atoms with E-state index in [0.717, 1.165) is 34.4 Å². The van der Waals surface area contributed by atoms with Gasteiger partial charge in [0.05, 0.1) is 0 Å². The van der Waals surface area contributed by atoms with E-state index in [1.165, 1.54) is 0 Å². The summed E-state index contributed by atoms with van der Waals surface area (Å²) < 4.78 is 6.82. The molecule has 0 aromatic heterocycles. The van der Waals surface area contributed by atoms with E-state index in [0.29, 0.717) is 0 Å². The molecule has 0 bridgehead atoms. The predicted octanol–water partition coefficient (Wildman–Crippen LogP) is 3.11. The molecule has 0 aliphatic carbocycles. The number of carbonyl (C=O) groups excluding carboxylic acids is 1. The molecular weight excluding hydrogens is 332 g/mol. The van der Waals surface area contributed by atoms with Crippen molar-refractivity contribution in [2.24, 2.45) is 0 Å². The third-order valence-electron chi connectivity index (χ3n) is 3.39. The summed E-state index contributed by atoms with van der Waals surface area (Å²) in [5, 5.41) is 3.29. The zero-order valence-electron chi connectivity index (χ0n) is 13.5. The molecular formula is C16H25BrN2O2. The van der Waals surface area contributed by atoms with Gasteiger partial charge in [-0.1, -0.05) is 22.9 Å². The lowest BCUT2D eigenvalue weighted by Gasteiger charge is -2.22. The van der Waals surface area contributed by atoms with Crippen LogP contribution in [0, 0.1) is 6.92 Å². The fraction of sp³-hybridized carbons (Fsp3) is 0.562. The van der Waals surface area contributed by atoms with Crippen molar-refractivity contribution in [2.45, 2.75) is 40.3 Å². The highest BCUT2D eigenvalue weighted by Crippen LogP contribution is 2.28. The van der Waals surface area contributed by atoms with Crippen molar-refractivity contribution in [1.82, 2.24) is 10.2 Å². The molecule has 0 atom stereocenters. The Balaban J connectivity index is 2.84. The van der Waals surface area contributed by atoms with Gasteiger partial charge in [-0.2, -0.15) is 0 Å². The smallest absolute Gasteiger partial charge is 0.260 e. The summed E-state index contributed by atoms with van der Waals surface area (Å²) in [6, 6.07) is 4.21. The van der Waals surface area contributed by atoms with E-state index >= 15 is 0 Å². The minimum absolute atomic E-state index is 0.0123. The Hall–Kier alpha value is -1.07. The number of nitrogens with zero attached hydrogens (tertiary/aromatic N) is 1. The van der Waals surface area contributed by atoms with E-state index in [2.05, 4.69) is 28.2 Å². The molecule has 0 aliphatic heterocycles. The van der Waals surface area contributed by atoms with Crippen LogP contribution in [-0.4, -0.2) is 37.0 Å². The monoisotopic (exact) mass is 356 g/mol. The summed E-state index contributed by atoms with van der Waals surface area (Å²) in [5.41, 5.74) is 2.08. The molecule has 5 heteroatoms. The fourth-order valence-electron chi connectivity index (χ4n) is 1.92. The first-order chi connectivity index (χ1) is 9.86. The molecule has 0 saturated heterocycles. The molecule has 1 N–H and O–H groups in total. The minimum atomic E-state index is -0.0123. The molecule has 1 aromatic rings. The third kappa shape index (κ3) is 5.32. The summed E-state index contributed by atoms with van der Waals surface area (Å²) >= 11 is 3.50. The number of halogens is 1. The summed E-state index contributed by atoms with van der Waals surface area (Å²) in [6.45, 7) is 9.70. The number of rotatable bonds is 7. The maximum absolute atomic E-state index is 12.0. The molecule has 0 radical (unpaired) electrons. The summed E-state index contributed by atoms with van der Waals surface area (Å²) in [7, 11) is 1.80. The van der Waals surface area contributed by atoms with Crippen LogP contribution in [0.2, 0.25) is 0 Å². The van der Waals surface area contributed by atoms with Crippen molar-refractivity contribution in [3.63, 3.8) is 0 Å². The molecule has 0 unspecified atom stereocenters. The summed E-state index contributed by atoms with van der Waals surface area (Å²) in [4.78, 5) is 13.7. The molecule has 4 nitrogen and oxygen atoms in total. The van der Waals surface area contributed by atoms with E-state index in [-0.39, 0.29) is 18.6 Å². The number of nitrogens with one attached hydrogen (secondary N) is 1. The zero-order chi connectivity index (χ0) is 16.0. The fourth-order valence-corrected chi connectivity index (χ4v) is 2.54. The highest BCUT2D eigenvalue weighted by atomic mass is 79.9. The van der Waals surface area contributed by atoms with E-state index in [9.17, 15) is 4.79 Å². The van der Waals surface area contributed by atoms with Crippen LogP contribution in [0.5, 0.6) is 5.75 Å². The maximum atomic E-state index is 12.0. The predicted molar refractivity (Wildman–Crippen MR) is 89.7 cm³/mol. The van der Waals surface area contributed by atoms with Crippen molar-refractivity contribution >= 4 is 21.8 Å². The topological polar surface area (TPSA) is 41.6 Å². The van der Waals surface area contributed by atoms with Gasteiger partial charge in [-0.3, -0.25) is 4.79 Å². The lowest BCUT2D eigenvalue weighted by atomic mass is 10.1. The number of likely N-dealkylation sites (N-methyl/N-ethyl adjacent to an activating group) is 1. The number of aryl methyl sites for hydroxylation is 1. The van der Waals surface area contributed by atoms with E-state index in [4.69, 9.17) is 4.74 Å². The summed E-state index contributed by atoms with van der Waals surface area (Å²) in [6.07, 6.45) is 0. The average Bonchev–Trinajstić information content (AvgIpc) is 2.42. The second-order valence-electron chi connectivity index (χ2n) is 5.38. The lowest BCUT2D eigenvalue weighted by Crippen LogP contribution is -2.36. The maximum Gasteiger partial charge on any atom is 0.260 e. The van der Waals surface area contributed by atoms with Gasteiger partial charge in [0.15, 0.2) is 6.61 Å². The Kier molecular flexibility index (Phi) is 7.18. The third-order valence-corrected chi connectivity index (χ3v) is 3.85. The van der Waals surface area contributed by atoms with Gasteiger partial charge < -0.3 is 15.0 Å². The molecule has 0 spiro atoms. The molecule has 1 rings (SSSR count). The van der Waals surface area contributed by atoms with E-state index in [1.54, 1.807) is 11.9 Å². The van der Waals surface area contributed by atoms with Crippen LogP contribution in [0.25, 0.3) is 0 Å². The van der Waals surface area contributed by atoms with Gasteiger partial charge in [0, 0.05) is 29.7 Å². The first-order valence-electron chi connectivity index (χ1n) is 7.25. The van der Waals surface area contributed by atoms with Crippen molar-refractivity contribution in [1.29, 1.82) is 0 Å². The lowest BCUT2D eigenvalue weighted by molar-refractivity contribution is -0.133.